The first-order chi connectivity index (χ1) is 14.1. The Labute approximate surface area is 169 Å². The highest BCUT2D eigenvalue weighted by Crippen LogP contribution is 2.28. The number of hydrogen-bond acceptors (Lipinski definition) is 6. The maximum atomic E-state index is 13.1. The van der Waals surface area contributed by atoms with E-state index in [-0.39, 0.29) is 17.9 Å². The normalized spacial score (nSPS) is 21.6. The highest BCUT2D eigenvalue weighted by atomic mass is 16.5. The molecule has 154 valence electrons. The average molecular weight is 398 g/mol. The number of rotatable bonds is 2. The number of fused-ring (bicyclic) bond motifs is 2. The summed E-state index contributed by atoms with van der Waals surface area (Å²) in [6.45, 7) is 3.42. The van der Waals surface area contributed by atoms with Crippen LogP contribution >= 0.6 is 0 Å². The van der Waals surface area contributed by atoms with Crippen molar-refractivity contribution in [2.24, 2.45) is 0 Å². The van der Waals surface area contributed by atoms with E-state index < -0.39 is 0 Å². The zero-order chi connectivity index (χ0) is 20.0. The van der Waals surface area contributed by atoms with E-state index >= 15 is 0 Å². The molecular formula is C21H26N4O4. The van der Waals surface area contributed by atoms with Gasteiger partial charge in [-0.3, -0.25) is 9.59 Å². The molecule has 1 atom stereocenters. The molecule has 0 spiro atoms. The lowest BCUT2D eigenvalue weighted by Gasteiger charge is -2.39. The second-order valence-electron chi connectivity index (χ2n) is 8.38. The molecule has 8 heteroatoms. The number of aryl methyl sites for hydroxylation is 2. The smallest absolute Gasteiger partial charge is 0.276 e. The molecule has 2 amide bonds. The van der Waals surface area contributed by atoms with Gasteiger partial charge in [-0.05, 0) is 45.4 Å². The van der Waals surface area contributed by atoms with Gasteiger partial charge in [-0.15, -0.1) is 0 Å². The molecule has 5 rings (SSSR count). The Morgan fingerprint density at radius 3 is 1.97 bits per heavy atom. The summed E-state index contributed by atoms with van der Waals surface area (Å²) in [6.07, 6.45) is 7.71. The Bertz CT molecular complexity index is 947. The van der Waals surface area contributed by atoms with E-state index in [0.29, 0.717) is 31.0 Å². The minimum atomic E-state index is -0.0983. The van der Waals surface area contributed by atoms with E-state index in [1.54, 1.807) is 4.90 Å². The molecule has 29 heavy (non-hydrogen) atoms. The first-order valence-electron chi connectivity index (χ1n) is 10.7. The third-order valence-corrected chi connectivity index (χ3v) is 6.48. The van der Waals surface area contributed by atoms with Gasteiger partial charge in [0.25, 0.3) is 11.8 Å². The first-order valence-corrected chi connectivity index (χ1v) is 10.7. The molecule has 0 unspecified atom stereocenters. The molecule has 1 saturated heterocycles. The number of carbonyl (C=O) groups is 2. The second-order valence-corrected chi connectivity index (χ2v) is 8.38. The van der Waals surface area contributed by atoms with Crippen molar-refractivity contribution in [3.63, 3.8) is 0 Å². The Morgan fingerprint density at radius 1 is 0.828 bits per heavy atom. The molecule has 2 aromatic heterocycles. The topological polar surface area (TPSA) is 92.7 Å². The van der Waals surface area contributed by atoms with Crippen molar-refractivity contribution >= 4 is 11.8 Å². The fourth-order valence-corrected chi connectivity index (χ4v) is 4.84. The van der Waals surface area contributed by atoms with Crippen LogP contribution in [0.5, 0.6) is 0 Å². The van der Waals surface area contributed by atoms with E-state index in [1.165, 1.54) is 0 Å². The summed E-state index contributed by atoms with van der Waals surface area (Å²) in [7, 11) is 0. The highest BCUT2D eigenvalue weighted by Gasteiger charge is 2.36. The molecule has 0 N–H and O–H groups in total. The van der Waals surface area contributed by atoms with Crippen LogP contribution in [0.3, 0.4) is 0 Å². The van der Waals surface area contributed by atoms with Gasteiger partial charge in [-0.2, -0.15) is 0 Å². The Kier molecular flexibility index (Phi) is 4.64. The summed E-state index contributed by atoms with van der Waals surface area (Å²) in [5.41, 5.74) is 2.86. The number of aromatic nitrogens is 2. The fourth-order valence-electron chi connectivity index (χ4n) is 4.84. The van der Waals surface area contributed by atoms with Crippen LogP contribution in [-0.2, 0) is 25.7 Å². The molecule has 8 nitrogen and oxygen atoms in total. The number of amides is 2. The molecule has 2 aromatic rings. The monoisotopic (exact) mass is 398 g/mol. The Balaban J connectivity index is 1.29. The predicted octanol–water partition coefficient (Wildman–Crippen LogP) is 2.41. The minimum absolute atomic E-state index is 0.0877. The van der Waals surface area contributed by atoms with E-state index in [2.05, 4.69) is 10.3 Å². The van der Waals surface area contributed by atoms with E-state index in [9.17, 15) is 9.59 Å². The molecule has 0 aromatic carbocycles. The quantitative estimate of drug-likeness (QED) is 0.771. The molecule has 2 aliphatic carbocycles. The van der Waals surface area contributed by atoms with Crippen molar-refractivity contribution in [1.29, 1.82) is 0 Å². The minimum Gasteiger partial charge on any atom is -0.360 e. The summed E-state index contributed by atoms with van der Waals surface area (Å²) in [5, 5.41) is 8.15. The van der Waals surface area contributed by atoms with Gasteiger partial charge in [0.05, 0.1) is 0 Å². The lowest BCUT2D eigenvalue weighted by molar-refractivity contribution is 0.0402. The Morgan fingerprint density at radius 2 is 1.38 bits per heavy atom. The van der Waals surface area contributed by atoms with Crippen LogP contribution in [-0.4, -0.2) is 57.6 Å². The largest absolute Gasteiger partial charge is 0.360 e. The van der Waals surface area contributed by atoms with Crippen molar-refractivity contribution in [1.82, 2.24) is 20.1 Å². The van der Waals surface area contributed by atoms with Crippen LogP contribution in [0.1, 0.15) is 76.2 Å². The van der Waals surface area contributed by atoms with Gasteiger partial charge in [-0.1, -0.05) is 10.3 Å². The number of carbonyl (C=O) groups excluding carboxylic acids is 2. The number of piperazine rings is 1. The summed E-state index contributed by atoms with van der Waals surface area (Å²) in [5.74, 6) is 1.54. The van der Waals surface area contributed by atoms with Crippen LogP contribution in [0.25, 0.3) is 0 Å². The van der Waals surface area contributed by atoms with E-state index in [0.717, 1.165) is 74.0 Å². The van der Waals surface area contributed by atoms with Crippen molar-refractivity contribution in [2.75, 3.05) is 19.6 Å². The molecule has 1 fully saturated rings. The predicted molar refractivity (Wildman–Crippen MR) is 103 cm³/mol. The molecular weight excluding hydrogens is 372 g/mol. The van der Waals surface area contributed by atoms with Crippen molar-refractivity contribution in [3.05, 3.63) is 34.0 Å². The summed E-state index contributed by atoms with van der Waals surface area (Å²) < 4.78 is 10.8. The van der Waals surface area contributed by atoms with Crippen LogP contribution < -0.4 is 0 Å². The van der Waals surface area contributed by atoms with Gasteiger partial charge in [0.2, 0.25) is 0 Å². The molecule has 3 aliphatic rings. The molecule has 0 radical (unpaired) electrons. The maximum absolute atomic E-state index is 13.1. The highest BCUT2D eigenvalue weighted by molar-refractivity contribution is 5.96. The summed E-state index contributed by atoms with van der Waals surface area (Å²) in [6, 6.07) is -0.0983. The fraction of sp³-hybridized carbons (Fsp3) is 0.619. The van der Waals surface area contributed by atoms with Gasteiger partial charge in [0.1, 0.15) is 11.5 Å². The summed E-state index contributed by atoms with van der Waals surface area (Å²) >= 11 is 0. The standard InChI is InChI=1S/C21H26N4O4/c1-13-12-24(20(26)18-14-6-2-4-8-16(14)28-22-18)10-11-25(13)21(27)19-15-7-3-5-9-17(15)29-23-19/h13H,2-12H2,1H3/t13-/m0/s1. The maximum Gasteiger partial charge on any atom is 0.276 e. The zero-order valence-electron chi connectivity index (χ0n) is 16.8. The molecule has 0 bridgehead atoms. The van der Waals surface area contributed by atoms with E-state index in [4.69, 9.17) is 9.05 Å². The van der Waals surface area contributed by atoms with Crippen molar-refractivity contribution in [2.45, 2.75) is 64.3 Å². The van der Waals surface area contributed by atoms with Crippen LogP contribution in [0.15, 0.2) is 9.05 Å². The number of hydrogen-bond donors (Lipinski definition) is 0. The zero-order valence-corrected chi connectivity index (χ0v) is 16.8. The van der Waals surface area contributed by atoms with E-state index in [1.807, 2.05) is 11.8 Å². The molecule has 3 heterocycles. The van der Waals surface area contributed by atoms with Gasteiger partial charge in [0, 0.05) is 49.6 Å². The third-order valence-electron chi connectivity index (χ3n) is 6.48. The SMILES string of the molecule is C[C@H]1CN(C(=O)c2noc3c2CCCC3)CCN1C(=O)c1noc2c1CCCC2. The number of nitrogens with zero attached hydrogens (tertiary/aromatic N) is 4. The van der Waals surface area contributed by atoms with Crippen LogP contribution in [0.4, 0.5) is 0 Å². The van der Waals surface area contributed by atoms with Crippen LogP contribution in [0, 0.1) is 0 Å². The average Bonchev–Trinajstić information content (AvgIpc) is 3.37. The van der Waals surface area contributed by atoms with Crippen molar-refractivity contribution < 1.29 is 18.6 Å². The van der Waals surface area contributed by atoms with Gasteiger partial charge in [0.15, 0.2) is 11.4 Å². The summed E-state index contributed by atoms with van der Waals surface area (Å²) in [4.78, 5) is 29.8. The second kappa shape index (κ2) is 7.31. The molecule has 0 saturated carbocycles. The lowest BCUT2D eigenvalue weighted by Crippen LogP contribution is -2.55. The first kappa shape index (κ1) is 18.4. The van der Waals surface area contributed by atoms with Gasteiger partial charge in [-0.25, -0.2) is 0 Å². The molecule has 1 aliphatic heterocycles. The van der Waals surface area contributed by atoms with Crippen molar-refractivity contribution in [3.8, 4) is 0 Å². The van der Waals surface area contributed by atoms with Gasteiger partial charge < -0.3 is 18.8 Å². The van der Waals surface area contributed by atoms with Crippen LogP contribution in [0.2, 0.25) is 0 Å². The third kappa shape index (κ3) is 3.14. The lowest BCUT2D eigenvalue weighted by atomic mass is 9.95. The van der Waals surface area contributed by atoms with Gasteiger partial charge >= 0.3 is 0 Å². The Hall–Kier alpha value is -2.64.